The second kappa shape index (κ2) is 19.1. The zero-order chi connectivity index (χ0) is 54.2. The second-order valence-electron chi connectivity index (χ2n) is 16.4. The molecule has 0 unspecified atom stereocenters. The first-order valence-corrected chi connectivity index (χ1v) is 21.6. The maximum absolute atomic E-state index is 16.1. The highest BCUT2D eigenvalue weighted by molar-refractivity contribution is 6.06. The van der Waals surface area contributed by atoms with Gasteiger partial charge < -0.3 is 20.0 Å². The third kappa shape index (κ3) is 8.16. The van der Waals surface area contributed by atoms with Crippen LogP contribution < -0.4 is 10.1 Å². The van der Waals surface area contributed by atoms with Crippen LogP contribution in [0.5, 0.6) is 5.75 Å². The number of halogens is 15. The molecule has 0 aliphatic carbocycles. The van der Waals surface area contributed by atoms with Crippen molar-refractivity contribution in [2.24, 2.45) is 0 Å². The highest BCUT2D eigenvalue weighted by atomic mass is 19.2. The van der Waals surface area contributed by atoms with E-state index in [4.69, 9.17) is 11.2 Å². The number of carbonyl (C=O) groups excluding carboxylic acids is 1. The first kappa shape index (κ1) is 50.0. The number of H-pyrrole nitrogens is 2. The molecular formula is C54H22F15N5O2. The van der Waals surface area contributed by atoms with E-state index in [-0.39, 0.29) is 40.0 Å². The average Bonchev–Trinajstić information content (AvgIpc) is 4.30. The summed E-state index contributed by atoms with van der Waals surface area (Å²) in [4.78, 5) is 27.4. The van der Waals surface area contributed by atoms with Crippen molar-refractivity contribution in [3.63, 3.8) is 0 Å². The Balaban J connectivity index is 1.35. The third-order valence-electron chi connectivity index (χ3n) is 12.0. The monoisotopic (exact) mass is 1060 g/mol. The lowest BCUT2D eigenvalue weighted by Gasteiger charge is -2.12. The summed E-state index contributed by atoms with van der Waals surface area (Å²) in [7, 11) is 0. The number of anilines is 1. The summed E-state index contributed by atoms with van der Waals surface area (Å²) in [6.07, 6.45) is 8.36. The van der Waals surface area contributed by atoms with E-state index in [1.165, 1.54) is 60.7 Å². The van der Waals surface area contributed by atoms with Crippen LogP contribution in [0.3, 0.4) is 0 Å². The molecule has 2 aliphatic rings. The average molecular weight is 1060 g/mol. The van der Waals surface area contributed by atoms with Crippen LogP contribution in [0.2, 0.25) is 0 Å². The predicted octanol–water partition coefficient (Wildman–Crippen LogP) is 14.7. The SMILES string of the molecule is C#CCOc1ccc(C(=O)Nc2cccc(-c3c4ccc([nH]4)c(-c4c(F)c(F)c(F)c(F)c4F)c4nc(c(-c5c(F)c(F)c(F)c(F)c5F)c5nc(c(-c6c(F)c(F)c(F)c(F)c6F)c6ccc3[nH]6)C=C5)C=C4)c2)cc1. The summed E-state index contributed by atoms with van der Waals surface area (Å²) in [6, 6.07) is 16.0. The Labute approximate surface area is 415 Å². The van der Waals surface area contributed by atoms with Crippen molar-refractivity contribution in [3.8, 4) is 62.6 Å². The van der Waals surface area contributed by atoms with E-state index in [0.29, 0.717) is 5.75 Å². The molecule has 0 fully saturated rings. The molecule has 2 aliphatic heterocycles. The molecule has 0 saturated carbocycles. The van der Waals surface area contributed by atoms with E-state index in [1.54, 1.807) is 0 Å². The molecular weight excluding hydrogens is 1040 g/mol. The summed E-state index contributed by atoms with van der Waals surface area (Å²) < 4.78 is 236. The molecule has 0 radical (unpaired) electrons. The normalized spacial score (nSPS) is 11.9. The Bertz CT molecular complexity index is 3890. The number of ether oxygens (including phenoxy) is 1. The van der Waals surface area contributed by atoms with E-state index in [9.17, 15) is 18.0 Å². The fourth-order valence-corrected chi connectivity index (χ4v) is 8.56. The zero-order valence-corrected chi connectivity index (χ0v) is 37.4. The molecule has 8 bridgehead atoms. The van der Waals surface area contributed by atoms with Crippen molar-refractivity contribution in [1.82, 2.24) is 19.9 Å². The molecule has 22 heteroatoms. The highest BCUT2D eigenvalue weighted by Gasteiger charge is 2.34. The Morgan fingerprint density at radius 3 is 1.20 bits per heavy atom. The number of aromatic amines is 2. The standard InChI is InChI=1S/C54H22F15N5O2/c1-2-18-76-23-8-6-20(7-9-23)54(75)70-22-5-3-4-21(19-22)32-24-10-12-26(71-24)33(36-39(55)45(61)51(67)46(62)40(36)56)28-14-16-30(73-28)35(38-43(59)49(65)53(69)50(66)44(38)60)31-17-15-29(74-31)34(27-13-11-25(32)72-27)37-41(57)47(63)52(68)48(64)42(37)58/h1,3-17,19,71-72H,18H2,(H,70,75). The van der Waals surface area contributed by atoms with Gasteiger partial charge >= 0.3 is 0 Å². The highest BCUT2D eigenvalue weighted by Crippen LogP contribution is 2.44. The molecule has 3 N–H and O–H groups in total. The third-order valence-corrected chi connectivity index (χ3v) is 12.0. The van der Waals surface area contributed by atoms with Crippen LogP contribution in [0.4, 0.5) is 71.5 Å². The number of rotatable bonds is 8. The van der Waals surface area contributed by atoms with Crippen LogP contribution in [0.25, 0.3) is 90.9 Å². The number of hydrogen-bond donors (Lipinski definition) is 3. The zero-order valence-electron chi connectivity index (χ0n) is 37.4. The molecule has 380 valence electrons. The number of amides is 1. The minimum atomic E-state index is -2.64. The van der Waals surface area contributed by atoms with Crippen LogP contribution in [-0.2, 0) is 0 Å². The van der Waals surface area contributed by atoms with Gasteiger partial charge in [0.25, 0.3) is 5.91 Å². The second-order valence-corrected chi connectivity index (χ2v) is 16.4. The maximum Gasteiger partial charge on any atom is 0.255 e. The van der Waals surface area contributed by atoms with Gasteiger partial charge in [0.2, 0.25) is 17.5 Å². The fraction of sp³-hybridized carbons (Fsp3) is 0.0185. The van der Waals surface area contributed by atoms with E-state index in [2.05, 4.69) is 31.2 Å². The van der Waals surface area contributed by atoms with Gasteiger partial charge in [-0.2, -0.15) is 0 Å². The molecule has 3 aromatic heterocycles. The van der Waals surface area contributed by atoms with Gasteiger partial charge in [-0.05, 0) is 90.5 Å². The van der Waals surface area contributed by atoms with Gasteiger partial charge in [-0.25, -0.2) is 75.8 Å². The van der Waals surface area contributed by atoms with Crippen molar-refractivity contribution < 1.29 is 75.4 Å². The first-order chi connectivity index (χ1) is 36.3. The van der Waals surface area contributed by atoms with E-state index in [0.717, 1.165) is 36.4 Å². The largest absolute Gasteiger partial charge is 0.481 e. The number of nitrogens with zero attached hydrogens (tertiary/aromatic N) is 2. The molecule has 0 saturated heterocycles. The number of carbonyl (C=O) groups is 1. The van der Waals surface area contributed by atoms with Crippen LogP contribution in [-0.4, -0.2) is 32.4 Å². The van der Waals surface area contributed by atoms with E-state index < -0.39 is 160 Å². The van der Waals surface area contributed by atoms with Crippen molar-refractivity contribution in [2.75, 3.05) is 11.9 Å². The van der Waals surface area contributed by atoms with Gasteiger partial charge in [0.15, 0.2) is 69.8 Å². The van der Waals surface area contributed by atoms with Crippen molar-refractivity contribution >= 4 is 58.0 Å². The Morgan fingerprint density at radius 2 is 0.803 bits per heavy atom. The van der Waals surface area contributed by atoms with Gasteiger partial charge in [-0.1, -0.05) is 18.1 Å². The van der Waals surface area contributed by atoms with E-state index >= 15 is 52.7 Å². The number of benzene rings is 5. The Hall–Kier alpha value is -9.52. The summed E-state index contributed by atoms with van der Waals surface area (Å²) in [5.74, 6) is -35.3. The Kier molecular flexibility index (Phi) is 12.6. The number of nitrogens with one attached hydrogen (secondary N) is 3. The van der Waals surface area contributed by atoms with Gasteiger partial charge in [0.1, 0.15) is 12.4 Å². The summed E-state index contributed by atoms with van der Waals surface area (Å²) in [5, 5.41) is 2.69. The fourth-order valence-electron chi connectivity index (χ4n) is 8.56. The lowest BCUT2D eigenvalue weighted by molar-refractivity contribution is 0.102. The number of hydrogen-bond acceptors (Lipinski definition) is 4. The van der Waals surface area contributed by atoms with Crippen molar-refractivity contribution in [3.05, 3.63) is 188 Å². The summed E-state index contributed by atoms with van der Waals surface area (Å²) >= 11 is 0. The predicted molar refractivity (Wildman–Crippen MR) is 249 cm³/mol. The first-order valence-electron chi connectivity index (χ1n) is 21.6. The number of terminal acetylenes is 1. The van der Waals surface area contributed by atoms with Crippen LogP contribution in [0.15, 0.2) is 72.8 Å². The number of aromatic nitrogens is 4. The Morgan fingerprint density at radius 1 is 0.447 bits per heavy atom. The topological polar surface area (TPSA) is 95.7 Å². The van der Waals surface area contributed by atoms with Crippen LogP contribution in [0.1, 0.15) is 33.1 Å². The van der Waals surface area contributed by atoms with Crippen LogP contribution in [0, 0.1) is 99.6 Å². The van der Waals surface area contributed by atoms with Crippen LogP contribution >= 0.6 is 0 Å². The molecule has 0 atom stereocenters. The van der Waals surface area contributed by atoms with Crippen molar-refractivity contribution in [1.29, 1.82) is 0 Å². The summed E-state index contributed by atoms with van der Waals surface area (Å²) in [6.45, 7) is -0.0546. The molecule has 1 amide bonds. The minimum absolute atomic E-state index is 0.0431. The summed E-state index contributed by atoms with van der Waals surface area (Å²) in [5.41, 5.74) is -12.5. The van der Waals surface area contributed by atoms with Gasteiger partial charge in [-0.3, -0.25) is 4.79 Å². The number of fused-ring (bicyclic) bond motifs is 8. The lowest BCUT2D eigenvalue weighted by Crippen LogP contribution is -2.11. The maximum atomic E-state index is 16.1. The van der Waals surface area contributed by atoms with E-state index in [1.807, 2.05) is 0 Å². The molecule has 0 spiro atoms. The molecule has 5 aromatic carbocycles. The molecule has 5 heterocycles. The molecule has 76 heavy (non-hydrogen) atoms. The minimum Gasteiger partial charge on any atom is -0.481 e. The van der Waals surface area contributed by atoms with Gasteiger partial charge in [0.05, 0.1) is 39.5 Å². The van der Waals surface area contributed by atoms with Gasteiger partial charge in [0, 0.05) is 55.6 Å². The molecule has 10 rings (SSSR count). The quantitative estimate of drug-likeness (QED) is 0.0611. The smallest absolute Gasteiger partial charge is 0.255 e. The lowest BCUT2D eigenvalue weighted by atomic mass is 10.00. The van der Waals surface area contributed by atoms with Crippen molar-refractivity contribution in [2.45, 2.75) is 0 Å². The molecule has 8 aromatic rings. The molecule has 7 nitrogen and oxygen atoms in total. The van der Waals surface area contributed by atoms with Gasteiger partial charge in [-0.15, -0.1) is 6.42 Å².